The van der Waals surface area contributed by atoms with Crippen LogP contribution in [0.1, 0.15) is 29.5 Å². The molecule has 1 aliphatic rings. The average Bonchev–Trinajstić information content (AvgIpc) is 2.09. The standard InChI is InChI=1S/C11H14FN/c1-7-3-9-6-13-5-8(2)10(9)4-11(7)12/h3-4,8,13H,5-6H2,1-2H3/t8-/m0/s1. The molecule has 0 saturated carbocycles. The molecule has 1 nitrogen and oxygen atoms in total. The fourth-order valence-electron chi connectivity index (χ4n) is 1.90. The Hall–Kier alpha value is -0.890. The van der Waals surface area contributed by atoms with Crippen LogP contribution in [0.3, 0.4) is 0 Å². The van der Waals surface area contributed by atoms with Crippen molar-refractivity contribution in [1.29, 1.82) is 0 Å². The van der Waals surface area contributed by atoms with E-state index in [1.165, 1.54) is 11.1 Å². The Kier molecular flexibility index (Phi) is 2.08. The van der Waals surface area contributed by atoms with Crippen molar-refractivity contribution >= 4 is 0 Å². The molecule has 0 amide bonds. The van der Waals surface area contributed by atoms with Gasteiger partial charge >= 0.3 is 0 Å². The molecule has 0 fully saturated rings. The van der Waals surface area contributed by atoms with Gasteiger partial charge in [0.15, 0.2) is 0 Å². The fourth-order valence-corrected chi connectivity index (χ4v) is 1.90. The van der Waals surface area contributed by atoms with Crippen LogP contribution in [0.4, 0.5) is 4.39 Å². The van der Waals surface area contributed by atoms with Gasteiger partial charge in [-0.3, -0.25) is 0 Å². The number of hydrogen-bond donors (Lipinski definition) is 1. The lowest BCUT2D eigenvalue weighted by molar-refractivity contribution is 0.555. The molecule has 2 rings (SSSR count). The topological polar surface area (TPSA) is 12.0 Å². The molecule has 0 radical (unpaired) electrons. The van der Waals surface area contributed by atoms with Crippen molar-refractivity contribution in [3.63, 3.8) is 0 Å². The van der Waals surface area contributed by atoms with Gasteiger partial charge in [-0.2, -0.15) is 0 Å². The highest BCUT2D eigenvalue weighted by molar-refractivity contribution is 5.36. The van der Waals surface area contributed by atoms with Crippen molar-refractivity contribution in [3.05, 3.63) is 34.6 Å². The lowest BCUT2D eigenvalue weighted by atomic mass is 9.91. The molecule has 13 heavy (non-hydrogen) atoms. The molecule has 0 aromatic heterocycles. The summed E-state index contributed by atoms with van der Waals surface area (Å²) in [4.78, 5) is 0. The van der Waals surface area contributed by atoms with Gasteiger partial charge in [-0.15, -0.1) is 0 Å². The Balaban J connectivity index is 2.52. The molecular formula is C11H14FN. The Morgan fingerprint density at radius 1 is 1.46 bits per heavy atom. The molecule has 1 aromatic carbocycles. The predicted molar refractivity (Wildman–Crippen MR) is 51.3 cm³/mol. The van der Waals surface area contributed by atoms with Crippen LogP contribution < -0.4 is 5.32 Å². The van der Waals surface area contributed by atoms with Crippen LogP contribution in [-0.2, 0) is 6.54 Å². The highest BCUT2D eigenvalue weighted by Gasteiger charge is 2.17. The summed E-state index contributed by atoms with van der Waals surface area (Å²) in [5.41, 5.74) is 3.16. The molecule has 2 heteroatoms. The number of nitrogens with one attached hydrogen (secondary N) is 1. The van der Waals surface area contributed by atoms with Crippen LogP contribution >= 0.6 is 0 Å². The SMILES string of the molecule is Cc1cc2c(cc1F)[C@@H](C)CNC2. The molecule has 0 bridgehead atoms. The molecule has 0 saturated heterocycles. The van der Waals surface area contributed by atoms with Crippen molar-refractivity contribution in [3.8, 4) is 0 Å². The minimum absolute atomic E-state index is 0.0764. The van der Waals surface area contributed by atoms with Gasteiger partial charge in [0.25, 0.3) is 0 Å². The first-order chi connectivity index (χ1) is 6.18. The van der Waals surface area contributed by atoms with Crippen molar-refractivity contribution < 1.29 is 4.39 Å². The van der Waals surface area contributed by atoms with Crippen molar-refractivity contribution in [1.82, 2.24) is 5.32 Å². The largest absolute Gasteiger partial charge is 0.312 e. The molecule has 1 heterocycles. The summed E-state index contributed by atoms with van der Waals surface area (Å²) in [6.07, 6.45) is 0. The molecule has 70 valence electrons. The zero-order valence-corrected chi connectivity index (χ0v) is 8.02. The number of aryl methyl sites for hydroxylation is 1. The molecule has 1 aliphatic heterocycles. The van der Waals surface area contributed by atoms with E-state index < -0.39 is 0 Å². The minimum Gasteiger partial charge on any atom is -0.312 e. The van der Waals surface area contributed by atoms with Crippen molar-refractivity contribution in [2.24, 2.45) is 0 Å². The lowest BCUT2D eigenvalue weighted by Crippen LogP contribution is -2.26. The van der Waals surface area contributed by atoms with Gasteiger partial charge in [0.2, 0.25) is 0 Å². The van der Waals surface area contributed by atoms with E-state index in [-0.39, 0.29) is 5.82 Å². The third-order valence-electron chi connectivity index (χ3n) is 2.72. The maximum absolute atomic E-state index is 13.3. The van der Waals surface area contributed by atoms with E-state index in [0.29, 0.717) is 5.92 Å². The normalized spacial score (nSPS) is 21.3. The number of rotatable bonds is 0. The summed E-state index contributed by atoms with van der Waals surface area (Å²) < 4.78 is 13.3. The zero-order valence-electron chi connectivity index (χ0n) is 8.02. The monoisotopic (exact) mass is 179 g/mol. The molecule has 1 atom stereocenters. The number of hydrogen-bond acceptors (Lipinski definition) is 1. The Morgan fingerprint density at radius 2 is 2.23 bits per heavy atom. The van der Waals surface area contributed by atoms with E-state index in [9.17, 15) is 4.39 Å². The van der Waals surface area contributed by atoms with Crippen LogP contribution in [0.15, 0.2) is 12.1 Å². The van der Waals surface area contributed by atoms with E-state index >= 15 is 0 Å². The second-order valence-electron chi connectivity index (χ2n) is 3.83. The summed E-state index contributed by atoms with van der Waals surface area (Å²) >= 11 is 0. The van der Waals surface area contributed by atoms with Gasteiger partial charge in [0.1, 0.15) is 5.82 Å². The Labute approximate surface area is 78.0 Å². The lowest BCUT2D eigenvalue weighted by Gasteiger charge is -2.23. The maximum atomic E-state index is 13.3. The molecule has 0 spiro atoms. The summed E-state index contributed by atoms with van der Waals surface area (Å²) in [5.74, 6) is 0.353. The quantitative estimate of drug-likeness (QED) is 0.644. The third kappa shape index (κ3) is 1.46. The van der Waals surface area contributed by atoms with Gasteiger partial charge in [-0.05, 0) is 35.6 Å². The Bertz CT molecular complexity index is 333. The average molecular weight is 179 g/mol. The number of halogens is 1. The first-order valence-electron chi connectivity index (χ1n) is 4.68. The van der Waals surface area contributed by atoms with Gasteiger partial charge in [-0.1, -0.05) is 13.0 Å². The predicted octanol–water partition coefficient (Wildman–Crippen LogP) is 2.34. The van der Waals surface area contributed by atoms with Crippen LogP contribution in [-0.4, -0.2) is 6.54 Å². The molecule has 1 N–H and O–H groups in total. The number of fused-ring (bicyclic) bond motifs is 1. The highest BCUT2D eigenvalue weighted by atomic mass is 19.1. The first-order valence-corrected chi connectivity index (χ1v) is 4.68. The summed E-state index contributed by atoms with van der Waals surface area (Å²) in [7, 11) is 0. The van der Waals surface area contributed by atoms with E-state index in [2.05, 4.69) is 12.2 Å². The fraction of sp³-hybridized carbons (Fsp3) is 0.455. The van der Waals surface area contributed by atoms with Crippen LogP contribution in [0.25, 0.3) is 0 Å². The highest BCUT2D eigenvalue weighted by Crippen LogP contribution is 2.25. The molecule has 1 aromatic rings. The molecule has 0 aliphatic carbocycles. The third-order valence-corrected chi connectivity index (χ3v) is 2.72. The van der Waals surface area contributed by atoms with E-state index in [1.807, 2.05) is 13.0 Å². The van der Waals surface area contributed by atoms with Gasteiger partial charge in [0.05, 0.1) is 0 Å². The first kappa shape index (κ1) is 8.70. The van der Waals surface area contributed by atoms with Crippen molar-refractivity contribution in [2.75, 3.05) is 6.54 Å². The van der Waals surface area contributed by atoms with E-state index in [4.69, 9.17) is 0 Å². The van der Waals surface area contributed by atoms with Crippen LogP contribution in [0.2, 0.25) is 0 Å². The number of benzene rings is 1. The summed E-state index contributed by atoms with van der Waals surface area (Å²) in [5, 5.41) is 3.31. The summed E-state index contributed by atoms with van der Waals surface area (Å²) in [6, 6.07) is 3.64. The van der Waals surface area contributed by atoms with Crippen LogP contribution in [0.5, 0.6) is 0 Å². The Morgan fingerprint density at radius 3 is 3.00 bits per heavy atom. The van der Waals surface area contributed by atoms with E-state index in [1.54, 1.807) is 6.07 Å². The second-order valence-corrected chi connectivity index (χ2v) is 3.83. The summed E-state index contributed by atoms with van der Waals surface area (Å²) in [6.45, 7) is 5.77. The smallest absolute Gasteiger partial charge is 0.126 e. The van der Waals surface area contributed by atoms with Gasteiger partial charge in [-0.25, -0.2) is 4.39 Å². The minimum atomic E-state index is -0.0764. The molecule has 0 unspecified atom stereocenters. The second kappa shape index (κ2) is 3.11. The zero-order chi connectivity index (χ0) is 9.42. The maximum Gasteiger partial charge on any atom is 0.126 e. The van der Waals surface area contributed by atoms with Gasteiger partial charge < -0.3 is 5.32 Å². The van der Waals surface area contributed by atoms with Gasteiger partial charge in [0, 0.05) is 13.1 Å². The van der Waals surface area contributed by atoms with Crippen molar-refractivity contribution in [2.45, 2.75) is 26.3 Å². The molecular weight excluding hydrogens is 165 g/mol. The van der Waals surface area contributed by atoms with Crippen LogP contribution in [0, 0.1) is 12.7 Å². The van der Waals surface area contributed by atoms with E-state index in [0.717, 1.165) is 18.7 Å².